The Hall–Kier alpha value is -1.67. The van der Waals surface area contributed by atoms with Crippen molar-refractivity contribution in [1.82, 2.24) is 4.98 Å². The van der Waals surface area contributed by atoms with Gasteiger partial charge in [0, 0.05) is 24.4 Å². The monoisotopic (exact) mass is 255 g/mol. The van der Waals surface area contributed by atoms with E-state index in [0.717, 1.165) is 16.7 Å². The molecule has 2 nitrogen and oxygen atoms in total. The van der Waals surface area contributed by atoms with Crippen molar-refractivity contribution in [2.24, 2.45) is 0 Å². The Balaban J connectivity index is 2.11. The molecule has 1 aromatic heterocycles. The van der Waals surface area contributed by atoms with Gasteiger partial charge in [-0.3, -0.25) is 4.98 Å². The van der Waals surface area contributed by atoms with E-state index < -0.39 is 6.10 Å². The minimum Gasteiger partial charge on any atom is -0.388 e. The normalized spacial score (nSPS) is 12.7. The van der Waals surface area contributed by atoms with Crippen LogP contribution in [0.2, 0.25) is 0 Å². The van der Waals surface area contributed by atoms with Crippen LogP contribution in [0.3, 0.4) is 0 Å². The molecule has 2 rings (SSSR count). The Bertz CT molecular complexity index is 531. The van der Waals surface area contributed by atoms with Gasteiger partial charge in [0.25, 0.3) is 0 Å². The molecule has 0 bridgehead atoms. The summed E-state index contributed by atoms with van der Waals surface area (Å²) in [6.45, 7) is 6.37. The highest BCUT2D eigenvalue weighted by Gasteiger charge is 2.11. The summed E-state index contributed by atoms with van der Waals surface area (Å²) in [5, 5.41) is 10.3. The molecule has 0 aliphatic heterocycles. The van der Waals surface area contributed by atoms with Gasteiger partial charge in [-0.25, -0.2) is 0 Å². The lowest BCUT2D eigenvalue weighted by Crippen LogP contribution is -2.04. The largest absolute Gasteiger partial charge is 0.388 e. The summed E-state index contributed by atoms with van der Waals surface area (Å²) in [4.78, 5) is 4.09. The number of nitrogens with zero attached hydrogens (tertiary/aromatic N) is 1. The van der Waals surface area contributed by atoms with E-state index in [1.54, 1.807) is 12.4 Å². The number of rotatable bonds is 4. The van der Waals surface area contributed by atoms with E-state index in [-0.39, 0.29) is 0 Å². The van der Waals surface area contributed by atoms with Gasteiger partial charge in [-0.1, -0.05) is 38.1 Å². The van der Waals surface area contributed by atoms with E-state index in [1.165, 1.54) is 5.56 Å². The lowest BCUT2D eigenvalue weighted by atomic mass is 9.97. The van der Waals surface area contributed by atoms with Gasteiger partial charge < -0.3 is 5.11 Å². The fourth-order valence-electron chi connectivity index (χ4n) is 2.20. The van der Waals surface area contributed by atoms with Gasteiger partial charge in [-0.05, 0) is 35.6 Å². The first-order chi connectivity index (χ1) is 9.08. The van der Waals surface area contributed by atoms with Crippen LogP contribution in [0, 0.1) is 6.92 Å². The van der Waals surface area contributed by atoms with Crippen LogP contribution in [-0.2, 0) is 6.42 Å². The fraction of sp³-hybridized carbons (Fsp3) is 0.353. The van der Waals surface area contributed by atoms with Gasteiger partial charge in [-0.2, -0.15) is 0 Å². The second-order valence-electron chi connectivity index (χ2n) is 5.35. The van der Waals surface area contributed by atoms with Crippen LogP contribution in [0.1, 0.15) is 48.1 Å². The lowest BCUT2D eigenvalue weighted by molar-refractivity contribution is 0.177. The zero-order valence-electron chi connectivity index (χ0n) is 11.8. The first-order valence-corrected chi connectivity index (χ1v) is 6.75. The molecule has 2 heteroatoms. The second-order valence-corrected chi connectivity index (χ2v) is 5.35. The number of aromatic nitrogens is 1. The molecule has 0 saturated carbocycles. The summed E-state index contributed by atoms with van der Waals surface area (Å²) < 4.78 is 0. The molecule has 0 aliphatic rings. The van der Waals surface area contributed by atoms with Gasteiger partial charge >= 0.3 is 0 Å². The van der Waals surface area contributed by atoms with Gasteiger partial charge in [-0.15, -0.1) is 0 Å². The van der Waals surface area contributed by atoms with Crippen LogP contribution in [0.4, 0.5) is 0 Å². The maximum atomic E-state index is 10.3. The Morgan fingerprint density at radius 1 is 1.11 bits per heavy atom. The van der Waals surface area contributed by atoms with E-state index in [9.17, 15) is 5.11 Å². The topological polar surface area (TPSA) is 33.1 Å². The molecule has 1 aromatic carbocycles. The smallest absolute Gasteiger partial charge is 0.0847 e. The minimum absolute atomic E-state index is 0.487. The standard InChI is InChI=1S/C17H21NO/c1-12(2)15-6-4-14(5-7-15)10-17(19)16-11-18-9-8-13(16)3/h4-9,11-12,17,19H,10H2,1-3H3. The van der Waals surface area contributed by atoms with Crippen molar-refractivity contribution in [2.75, 3.05) is 0 Å². The minimum atomic E-state index is -0.487. The van der Waals surface area contributed by atoms with Crippen molar-refractivity contribution >= 4 is 0 Å². The molecule has 0 radical (unpaired) electrons. The highest BCUT2D eigenvalue weighted by molar-refractivity contribution is 5.29. The van der Waals surface area contributed by atoms with Gasteiger partial charge in [0.15, 0.2) is 0 Å². The maximum Gasteiger partial charge on any atom is 0.0847 e. The summed E-state index contributed by atoms with van der Waals surface area (Å²) in [5.74, 6) is 0.541. The molecule has 0 fully saturated rings. The summed E-state index contributed by atoms with van der Waals surface area (Å²) in [6.07, 6.45) is 3.65. The quantitative estimate of drug-likeness (QED) is 0.901. The molecule has 0 amide bonds. The predicted molar refractivity (Wildman–Crippen MR) is 78.2 cm³/mol. The molecule has 100 valence electrons. The van der Waals surface area contributed by atoms with Crippen LogP contribution < -0.4 is 0 Å². The summed E-state index contributed by atoms with van der Waals surface area (Å²) >= 11 is 0. The molecule has 1 atom stereocenters. The van der Waals surface area contributed by atoms with Crippen molar-refractivity contribution in [3.8, 4) is 0 Å². The molecular formula is C17H21NO. The van der Waals surface area contributed by atoms with Crippen molar-refractivity contribution < 1.29 is 5.11 Å². The lowest BCUT2D eigenvalue weighted by Gasteiger charge is -2.14. The van der Waals surface area contributed by atoms with E-state index >= 15 is 0 Å². The third kappa shape index (κ3) is 3.42. The van der Waals surface area contributed by atoms with Crippen LogP contribution in [0.25, 0.3) is 0 Å². The van der Waals surface area contributed by atoms with Crippen LogP contribution in [-0.4, -0.2) is 10.1 Å². The van der Waals surface area contributed by atoms with Crippen LogP contribution >= 0.6 is 0 Å². The second kappa shape index (κ2) is 5.98. The molecule has 0 aliphatic carbocycles. The summed E-state index contributed by atoms with van der Waals surface area (Å²) in [5.41, 5.74) is 4.48. The number of aryl methyl sites for hydroxylation is 1. The van der Waals surface area contributed by atoms with Crippen LogP contribution in [0.5, 0.6) is 0 Å². The summed E-state index contributed by atoms with van der Waals surface area (Å²) in [6, 6.07) is 10.4. The van der Waals surface area contributed by atoms with Crippen molar-refractivity contribution in [3.63, 3.8) is 0 Å². The Morgan fingerprint density at radius 2 is 1.79 bits per heavy atom. The third-order valence-electron chi connectivity index (χ3n) is 3.51. The molecule has 1 heterocycles. The highest BCUT2D eigenvalue weighted by Crippen LogP contribution is 2.22. The molecule has 2 aromatic rings. The molecular weight excluding hydrogens is 234 g/mol. The molecule has 0 spiro atoms. The predicted octanol–water partition coefficient (Wildman–Crippen LogP) is 3.79. The SMILES string of the molecule is Cc1ccncc1C(O)Cc1ccc(C(C)C)cc1. The van der Waals surface area contributed by atoms with Gasteiger partial charge in [0.2, 0.25) is 0 Å². The van der Waals surface area contributed by atoms with E-state index in [0.29, 0.717) is 12.3 Å². The molecule has 1 N–H and O–H groups in total. The van der Waals surface area contributed by atoms with Gasteiger partial charge in [0.05, 0.1) is 6.10 Å². The van der Waals surface area contributed by atoms with Crippen molar-refractivity contribution in [1.29, 1.82) is 0 Å². The Morgan fingerprint density at radius 3 is 2.37 bits per heavy atom. The zero-order valence-corrected chi connectivity index (χ0v) is 11.8. The van der Waals surface area contributed by atoms with Crippen molar-refractivity contribution in [3.05, 3.63) is 65.0 Å². The highest BCUT2D eigenvalue weighted by atomic mass is 16.3. The van der Waals surface area contributed by atoms with Crippen molar-refractivity contribution in [2.45, 2.75) is 39.2 Å². The Kier molecular flexibility index (Phi) is 4.33. The first-order valence-electron chi connectivity index (χ1n) is 6.75. The Labute approximate surface area is 115 Å². The number of hydrogen-bond acceptors (Lipinski definition) is 2. The fourth-order valence-corrected chi connectivity index (χ4v) is 2.20. The summed E-state index contributed by atoms with van der Waals surface area (Å²) in [7, 11) is 0. The maximum absolute atomic E-state index is 10.3. The zero-order chi connectivity index (χ0) is 13.8. The van der Waals surface area contributed by atoms with E-state index in [2.05, 4.69) is 43.1 Å². The number of benzene rings is 1. The number of aliphatic hydroxyl groups is 1. The van der Waals surface area contributed by atoms with Gasteiger partial charge in [0.1, 0.15) is 0 Å². The molecule has 19 heavy (non-hydrogen) atoms. The van der Waals surface area contributed by atoms with Crippen LogP contribution in [0.15, 0.2) is 42.7 Å². The van der Waals surface area contributed by atoms with E-state index in [1.807, 2.05) is 13.0 Å². The number of hydrogen-bond donors (Lipinski definition) is 1. The molecule has 0 saturated heterocycles. The average Bonchev–Trinajstić information content (AvgIpc) is 2.39. The van der Waals surface area contributed by atoms with E-state index in [4.69, 9.17) is 0 Å². The number of aliphatic hydroxyl groups excluding tert-OH is 1. The third-order valence-corrected chi connectivity index (χ3v) is 3.51. The average molecular weight is 255 g/mol. The number of pyridine rings is 1. The first kappa shape index (κ1) is 13.8. The molecule has 1 unspecified atom stereocenters.